The van der Waals surface area contributed by atoms with Gasteiger partial charge in [0.1, 0.15) is 0 Å². The molecule has 9 heavy (non-hydrogen) atoms. The summed E-state index contributed by atoms with van der Waals surface area (Å²) in [6, 6.07) is 1.33. The molecule has 0 atom stereocenters. The summed E-state index contributed by atoms with van der Waals surface area (Å²) in [7, 11) is 0. The molecule has 2 heteroatoms. The maximum atomic E-state index is 3.28. The number of hydrogen-bond donors (Lipinski definition) is 2. The fourth-order valence-electron chi connectivity index (χ4n) is 1.13. The lowest BCUT2D eigenvalue weighted by Gasteiger charge is -2.14. The van der Waals surface area contributed by atoms with E-state index < -0.39 is 0 Å². The highest BCUT2D eigenvalue weighted by Gasteiger charge is 2.18. The van der Waals surface area contributed by atoms with E-state index >= 15 is 0 Å². The molecule has 0 aromatic rings. The molecule has 2 nitrogen and oxygen atoms in total. The van der Waals surface area contributed by atoms with E-state index in [-0.39, 0.29) is 0 Å². The second kappa shape index (κ2) is 1.88. The van der Waals surface area contributed by atoms with Crippen molar-refractivity contribution < 1.29 is 0 Å². The van der Waals surface area contributed by atoms with E-state index in [0.717, 1.165) is 13.1 Å². The summed E-state index contributed by atoms with van der Waals surface area (Å²) in [5.41, 5.74) is 1.31. The minimum Gasteiger partial charge on any atom is -0.388 e. The van der Waals surface area contributed by atoms with Gasteiger partial charge in [0.15, 0.2) is 0 Å². The predicted octanol–water partition coefficient (Wildman–Crippen LogP) is 0.165. The minimum atomic E-state index is 0.972. The van der Waals surface area contributed by atoms with Gasteiger partial charge in [-0.3, -0.25) is 0 Å². The number of hydrogen-bond acceptors (Lipinski definition) is 2. The molecule has 0 fully saturated rings. The summed E-state index contributed by atoms with van der Waals surface area (Å²) >= 11 is 0. The Hall–Kier alpha value is -0.760. The van der Waals surface area contributed by atoms with Crippen molar-refractivity contribution in [3.05, 3.63) is 30.0 Å². The third kappa shape index (κ3) is 0.754. The van der Waals surface area contributed by atoms with Gasteiger partial charge in [-0.1, -0.05) is 12.2 Å². The van der Waals surface area contributed by atoms with Gasteiger partial charge < -0.3 is 10.6 Å². The van der Waals surface area contributed by atoms with Crippen LogP contribution in [0.5, 0.6) is 0 Å². The van der Waals surface area contributed by atoms with Crippen LogP contribution in [0.3, 0.4) is 0 Å². The van der Waals surface area contributed by atoms with Gasteiger partial charge in [-0.25, -0.2) is 0 Å². The Kier molecular flexibility index (Phi) is 1.06. The fourth-order valence-corrected chi connectivity index (χ4v) is 1.13. The van der Waals surface area contributed by atoms with Crippen molar-refractivity contribution in [3.63, 3.8) is 0 Å². The third-order valence-electron chi connectivity index (χ3n) is 1.62. The van der Waals surface area contributed by atoms with Crippen LogP contribution >= 0.6 is 0 Å². The molecule has 1 radical (unpaired) electrons. The van der Waals surface area contributed by atoms with Crippen molar-refractivity contribution >= 4 is 0 Å². The largest absolute Gasteiger partial charge is 0.388 e. The van der Waals surface area contributed by atoms with Gasteiger partial charge in [0.25, 0.3) is 0 Å². The molecule has 2 N–H and O–H groups in total. The monoisotopic (exact) mass is 121 g/mol. The molecule has 0 saturated heterocycles. The highest BCUT2D eigenvalue weighted by molar-refractivity contribution is 5.40. The number of nitrogens with one attached hydrogen (secondary N) is 2. The number of fused-ring (bicyclic) bond motifs is 1. The van der Waals surface area contributed by atoms with Crippen LogP contribution in [-0.4, -0.2) is 13.1 Å². The van der Waals surface area contributed by atoms with E-state index in [4.69, 9.17) is 0 Å². The zero-order chi connectivity index (χ0) is 6.10. The molecule has 0 saturated carbocycles. The Labute approximate surface area is 54.6 Å². The normalized spacial score (nSPS) is 25.1. The maximum Gasteiger partial charge on any atom is 0.0870 e. The Morgan fingerprint density at radius 2 is 2.44 bits per heavy atom. The molecule has 2 aliphatic heterocycles. The molecular weight excluding hydrogens is 112 g/mol. The third-order valence-corrected chi connectivity index (χ3v) is 1.62. The van der Waals surface area contributed by atoms with Crippen LogP contribution in [0.2, 0.25) is 0 Å². The molecule has 0 bridgehead atoms. The summed E-state index contributed by atoms with van der Waals surface area (Å²) in [6.45, 7) is 1.95. The van der Waals surface area contributed by atoms with E-state index in [1.807, 2.05) is 6.20 Å². The van der Waals surface area contributed by atoms with E-state index in [2.05, 4.69) is 22.8 Å². The van der Waals surface area contributed by atoms with Gasteiger partial charge in [-0.15, -0.1) is 0 Å². The van der Waals surface area contributed by atoms with Crippen LogP contribution in [0.15, 0.2) is 23.9 Å². The number of rotatable bonds is 0. The molecular formula is C7H9N2. The lowest BCUT2D eigenvalue weighted by Crippen LogP contribution is -2.27. The molecule has 0 amide bonds. The van der Waals surface area contributed by atoms with Crippen molar-refractivity contribution in [2.24, 2.45) is 0 Å². The molecule has 2 rings (SSSR count). The van der Waals surface area contributed by atoms with Gasteiger partial charge in [0.2, 0.25) is 0 Å². The first kappa shape index (κ1) is 5.06. The van der Waals surface area contributed by atoms with Crippen LogP contribution in [0.25, 0.3) is 0 Å². The van der Waals surface area contributed by atoms with Crippen molar-refractivity contribution in [2.75, 3.05) is 13.1 Å². The highest BCUT2D eigenvalue weighted by atomic mass is 15.0. The zero-order valence-electron chi connectivity index (χ0n) is 5.15. The summed E-state index contributed by atoms with van der Waals surface area (Å²) < 4.78 is 0. The van der Waals surface area contributed by atoms with Crippen LogP contribution in [0.1, 0.15) is 0 Å². The molecule has 0 aromatic heterocycles. The van der Waals surface area contributed by atoms with Crippen molar-refractivity contribution in [3.8, 4) is 0 Å². The van der Waals surface area contributed by atoms with E-state index in [1.54, 1.807) is 0 Å². The van der Waals surface area contributed by atoms with Crippen LogP contribution in [0, 0.1) is 6.04 Å². The van der Waals surface area contributed by atoms with Gasteiger partial charge >= 0.3 is 0 Å². The second-order valence-electron chi connectivity index (χ2n) is 2.24. The molecule has 0 aromatic carbocycles. The molecule has 47 valence electrons. The summed E-state index contributed by atoms with van der Waals surface area (Å²) in [5, 5.41) is 6.43. The van der Waals surface area contributed by atoms with Gasteiger partial charge in [-0.05, 0) is 5.57 Å². The van der Waals surface area contributed by atoms with E-state index in [1.165, 1.54) is 11.6 Å². The molecule has 2 heterocycles. The summed E-state index contributed by atoms with van der Waals surface area (Å²) in [6.07, 6.45) is 6.31. The Morgan fingerprint density at radius 3 is 3.33 bits per heavy atom. The first-order valence-corrected chi connectivity index (χ1v) is 3.17. The summed E-state index contributed by atoms with van der Waals surface area (Å²) in [5.74, 6) is 0. The second-order valence-corrected chi connectivity index (χ2v) is 2.24. The molecule has 0 aliphatic carbocycles. The lowest BCUT2D eigenvalue weighted by atomic mass is 10.1. The first-order valence-electron chi connectivity index (χ1n) is 3.17. The summed E-state index contributed by atoms with van der Waals surface area (Å²) in [4.78, 5) is 0. The van der Waals surface area contributed by atoms with E-state index in [9.17, 15) is 0 Å². The minimum absolute atomic E-state index is 0.972. The average molecular weight is 121 g/mol. The highest BCUT2D eigenvalue weighted by Crippen LogP contribution is 2.17. The van der Waals surface area contributed by atoms with Gasteiger partial charge in [0.05, 0.1) is 6.04 Å². The Balaban J connectivity index is 2.24. The van der Waals surface area contributed by atoms with E-state index in [0.29, 0.717) is 0 Å². The molecule has 2 aliphatic rings. The van der Waals surface area contributed by atoms with Gasteiger partial charge in [-0.2, -0.15) is 0 Å². The SMILES string of the molecule is C1=CC2=CNC[C]2NC1. The maximum absolute atomic E-state index is 3.28. The molecule has 0 unspecified atom stereocenters. The van der Waals surface area contributed by atoms with Gasteiger partial charge in [0, 0.05) is 19.3 Å². The average Bonchev–Trinajstić information content (AvgIpc) is 2.33. The van der Waals surface area contributed by atoms with Crippen LogP contribution in [-0.2, 0) is 0 Å². The quantitative estimate of drug-likeness (QED) is 0.477. The van der Waals surface area contributed by atoms with Crippen molar-refractivity contribution in [1.82, 2.24) is 10.6 Å². The van der Waals surface area contributed by atoms with Crippen LogP contribution < -0.4 is 10.6 Å². The van der Waals surface area contributed by atoms with Crippen LogP contribution in [0.4, 0.5) is 0 Å². The predicted molar refractivity (Wildman–Crippen MR) is 36.5 cm³/mol. The standard InChI is InChI=1S/C7H9N2/c1-2-6-4-8-5-7(6)9-3-1/h1-2,4,8-9H,3,5H2. The van der Waals surface area contributed by atoms with Crippen molar-refractivity contribution in [2.45, 2.75) is 0 Å². The Morgan fingerprint density at radius 1 is 1.44 bits per heavy atom. The first-order chi connectivity index (χ1) is 4.47. The Bertz CT molecular complexity index is 170. The molecule has 0 spiro atoms. The topological polar surface area (TPSA) is 24.1 Å². The van der Waals surface area contributed by atoms with Crippen molar-refractivity contribution in [1.29, 1.82) is 0 Å². The lowest BCUT2D eigenvalue weighted by molar-refractivity contribution is 0.742. The smallest absolute Gasteiger partial charge is 0.0870 e. The zero-order valence-corrected chi connectivity index (χ0v) is 5.15. The fraction of sp³-hybridized carbons (Fsp3) is 0.286.